The molecule has 0 heterocycles. The molecule has 0 aromatic heterocycles. The molecule has 120 valence electrons. The van der Waals surface area contributed by atoms with Gasteiger partial charge in [-0.2, -0.15) is 5.26 Å². The minimum atomic E-state index is -0.0225. The zero-order valence-corrected chi connectivity index (χ0v) is 14.4. The van der Waals surface area contributed by atoms with E-state index in [-0.39, 0.29) is 5.41 Å². The fourth-order valence-corrected chi connectivity index (χ4v) is 3.94. The number of unbranched alkanes of at least 4 members (excludes halogenated alkanes) is 2. The number of rotatable bonds is 7. The van der Waals surface area contributed by atoms with Gasteiger partial charge in [0.2, 0.25) is 0 Å². The minimum absolute atomic E-state index is 0.0225. The summed E-state index contributed by atoms with van der Waals surface area (Å²) >= 11 is 0. The van der Waals surface area contributed by atoms with Crippen LogP contribution < -0.4 is 0 Å². The molecule has 1 aromatic carbocycles. The maximum atomic E-state index is 9.52. The van der Waals surface area contributed by atoms with Gasteiger partial charge in [0.15, 0.2) is 0 Å². The Morgan fingerprint density at radius 3 is 2.27 bits per heavy atom. The average molecular weight is 297 g/mol. The summed E-state index contributed by atoms with van der Waals surface area (Å²) in [5.41, 5.74) is 2.94. The van der Waals surface area contributed by atoms with Gasteiger partial charge in [0, 0.05) is 0 Å². The monoisotopic (exact) mass is 297 g/mol. The molecule has 1 saturated carbocycles. The van der Waals surface area contributed by atoms with E-state index in [0.717, 1.165) is 25.7 Å². The van der Waals surface area contributed by atoms with E-state index >= 15 is 0 Å². The lowest BCUT2D eigenvalue weighted by Gasteiger charge is -2.35. The smallest absolute Gasteiger partial charge is 0.0689 e. The van der Waals surface area contributed by atoms with Crippen molar-refractivity contribution in [3.8, 4) is 6.07 Å². The average Bonchev–Trinajstić information content (AvgIpc) is 2.57. The number of nitriles is 1. The molecule has 1 aliphatic carbocycles. The van der Waals surface area contributed by atoms with Crippen molar-refractivity contribution >= 4 is 0 Å². The zero-order chi connectivity index (χ0) is 15.8. The van der Waals surface area contributed by atoms with Gasteiger partial charge in [-0.3, -0.25) is 0 Å². The van der Waals surface area contributed by atoms with Crippen molar-refractivity contribution in [2.24, 2.45) is 5.41 Å². The Hall–Kier alpha value is -1.29. The summed E-state index contributed by atoms with van der Waals surface area (Å²) < 4.78 is 0. The van der Waals surface area contributed by atoms with Gasteiger partial charge in [-0.25, -0.2) is 0 Å². The van der Waals surface area contributed by atoms with Gasteiger partial charge >= 0.3 is 0 Å². The van der Waals surface area contributed by atoms with E-state index in [9.17, 15) is 5.26 Å². The Balaban J connectivity index is 1.90. The largest absolute Gasteiger partial charge is 0.198 e. The van der Waals surface area contributed by atoms with Gasteiger partial charge in [-0.15, -0.1) is 0 Å². The Kier molecular flexibility index (Phi) is 6.49. The summed E-state index contributed by atoms with van der Waals surface area (Å²) in [5, 5.41) is 9.52. The summed E-state index contributed by atoms with van der Waals surface area (Å²) in [6.45, 7) is 4.45. The predicted molar refractivity (Wildman–Crippen MR) is 93.8 cm³/mol. The van der Waals surface area contributed by atoms with E-state index < -0.39 is 0 Å². The fourth-order valence-electron chi connectivity index (χ4n) is 3.94. The van der Waals surface area contributed by atoms with Crippen LogP contribution in [-0.4, -0.2) is 0 Å². The SMILES string of the molecule is CCCCCc1ccc([C@H]2CC[C@@](C#N)(CCC)CC2)cc1. The van der Waals surface area contributed by atoms with Crippen LogP contribution in [0.2, 0.25) is 0 Å². The van der Waals surface area contributed by atoms with Crippen LogP contribution in [0.3, 0.4) is 0 Å². The van der Waals surface area contributed by atoms with E-state index in [2.05, 4.69) is 44.2 Å². The summed E-state index contributed by atoms with van der Waals surface area (Å²) in [6.07, 6.45) is 11.9. The number of benzene rings is 1. The van der Waals surface area contributed by atoms with Gasteiger partial charge in [-0.05, 0) is 62.0 Å². The number of nitrogens with zero attached hydrogens (tertiary/aromatic N) is 1. The highest BCUT2D eigenvalue weighted by molar-refractivity contribution is 5.26. The number of hydrogen-bond donors (Lipinski definition) is 0. The van der Waals surface area contributed by atoms with E-state index in [1.54, 1.807) is 0 Å². The molecule has 0 N–H and O–H groups in total. The molecule has 0 bridgehead atoms. The second-order valence-corrected chi connectivity index (χ2v) is 7.12. The van der Waals surface area contributed by atoms with Gasteiger partial charge in [0.05, 0.1) is 11.5 Å². The van der Waals surface area contributed by atoms with Crippen LogP contribution in [0.5, 0.6) is 0 Å². The lowest BCUT2D eigenvalue weighted by molar-refractivity contribution is 0.228. The number of aryl methyl sites for hydroxylation is 1. The third kappa shape index (κ3) is 4.35. The standard InChI is InChI=1S/C21H31N/c1-3-5-6-7-18-8-10-19(11-9-18)20-12-15-21(17-22,14-4-2)16-13-20/h8-11,20H,3-7,12-16H2,1-2H3/t20-,21-. The normalized spacial score (nSPS) is 24.9. The van der Waals surface area contributed by atoms with Gasteiger partial charge < -0.3 is 0 Å². The molecule has 2 rings (SSSR count). The molecule has 22 heavy (non-hydrogen) atoms. The molecular formula is C21H31N. The molecule has 0 amide bonds. The van der Waals surface area contributed by atoms with Gasteiger partial charge in [0.1, 0.15) is 0 Å². The van der Waals surface area contributed by atoms with Crippen LogP contribution in [0.15, 0.2) is 24.3 Å². The molecule has 1 nitrogen and oxygen atoms in total. The van der Waals surface area contributed by atoms with Gasteiger partial charge in [-0.1, -0.05) is 57.4 Å². The Labute approximate surface area is 136 Å². The lowest BCUT2D eigenvalue weighted by atomic mass is 9.68. The molecule has 0 unspecified atom stereocenters. The molecule has 1 aliphatic rings. The molecule has 0 spiro atoms. The lowest BCUT2D eigenvalue weighted by Crippen LogP contribution is -2.25. The fraction of sp³-hybridized carbons (Fsp3) is 0.667. The minimum Gasteiger partial charge on any atom is -0.198 e. The first-order valence-corrected chi connectivity index (χ1v) is 9.23. The van der Waals surface area contributed by atoms with Crippen molar-refractivity contribution in [2.75, 3.05) is 0 Å². The van der Waals surface area contributed by atoms with Crippen molar-refractivity contribution in [2.45, 2.75) is 84.0 Å². The zero-order valence-electron chi connectivity index (χ0n) is 14.4. The first-order chi connectivity index (χ1) is 10.7. The molecule has 0 radical (unpaired) electrons. The maximum Gasteiger partial charge on any atom is 0.0689 e. The summed E-state index contributed by atoms with van der Waals surface area (Å²) in [5.74, 6) is 0.669. The Morgan fingerprint density at radius 1 is 1.05 bits per heavy atom. The first kappa shape index (κ1) is 17.1. The van der Waals surface area contributed by atoms with Crippen LogP contribution >= 0.6 is 0 Å². The van der Waals surface area contributed by atoms with Crippen molar-refractivity contribution in [3.63, 3.8) is 0 Å². The highest BCUT2D eigenvalue weighted by Crippen LogP contribution is 2.45. The molecule has 0 saturated heterocycles. The Morgan fingerprint density at radius 2 is 1.73 bits per heavy atom. The molecule has 1 aromatic rings. The van der Waals surface area contributed by atoms with Crippen LogP contribution in [0, 0.1) is 16.7 Å². The highest BCUT2D eigenvalue weighted by Gasteiger charge is 2.34. The summed E-state index contributed by atoms with van der Waals surface area (Å²) in [6, 6.07) is 12.0. The first-order valence-electron chi connectivity index (χ1n) is 9.23. The van der Waals surface area contributed by atoms with Crippen LogP contribution in [-0.2, 0) is 6.42 Å². The molecule has 0 aliphatic heterocycles. The van der Waals surface area contributed by atoms with Crippen LogP contribution in [0.1, 0.15) is 88.7 Å². The molecule has 1 fully saturated rings. The van der Waals surface area contributed by atoms with Crippen molar-refractivity contribution in [3.05, 3.63) is 35.4 Å². The van der Waals surface area contributed by atoms with Crippen molar-refractivity contribution in [1.29, 1.82) is 5.26 Å². The topological polar surface area (TPSA) is 23.8 Å². The molecule has 0 atom stereocenters. The molecule has 1 heteroatoms. The highest BCUT2D eigenvalue weighted by atomic mass is 14.4. The predicted octanol–water partition coefficient (Wildman–Crippen LogP) is 6.39. The Bertz CT molecular complexity index is 472. The maximum absolute atomic E-state index is 9.52. The molecular weight excluding hydrogens is 266 g/mol. The van der Waals surface area contributed by atoms with E-state index in [1.165, 1.54) is 49.7 Å². The van der Waals surface area contributed by atoms with E-state index in [1.807, 2.05) is 0 Å². The summed E-state index contributed by atoms with van der Waals surface area (Å²) in [7, 11) is 0. The van der Waals surface area contributed by atoms with Crippen molar-refractivity contribution in [1.82, 2.24) is 0 Å². The van der Waals surface area contributed by atoms with Crippen LogP contribution in [0.4, 0.5) is 0 Å². The second-order valence-electron chi connectivity index (χ2n) is 7.12. The third-order valence-corrected chi connectivity index (χ3v) is 5.43. The second kappa shape index (κ2) is 8.37. The van der Waals surface area contributed by atoms with E-state index in [4.69, 9.17) is 0 Å². The number of hydrogen-bond acceptors (Lipinski definition) is 1. The van der Waals surface area contributed by atoms with Crippen LogP contribution in [0.25, 0.3) is 0 Å². The quantitative estimate of drug-likeness (QED) is 0.535. The van der Waals surface area contributed by atoms with Crippen molar-refractivity contribution < 1.29 is 0 Å². The van der Waals surface area contributed by atoms with Gasteiger partial charge in [0.25, 0.3) is 0 Å². The van der Waals surface area contributed by atoms with E-state index in [0.29, 0.717) is 5.92 Å². The third-order valence-electron chi connectivity index (χ3n) is 5.43. The summed E-state index contributed by atoms with van der Waals surface area (Å²) in [4.78, 5) is 0.